The maximum Gasteiger partial charge on any atom is -0.0297 e. The Bertz CT molecular complexity index is 315. The van der Waals surface area contributed by atoms with Gasteiger partial charge in [0, 0.05) is 0 Å². The maximum atomic E-state index is 2.60. The van der Waals surface area contributed by atoms with Gasteiger partial charge in [0.15, 0.2) is 0 Å². The molecule has 0 aliphatic heterocycles. The van der Waals surface area contributed by atoms with Gasteiger partial charge in [-0.1, -0.05) is 55.4 Å². The van der Waals surface area contributed by atoms with E-state index >= 15 is 0 Å². The van der Waals surface area contributed by atoms with E-state index in [9.17, 15) is 0 Å². The fraction of sp³-hybridized carbons (Fsp3) is 1.00. The predicted molar refractivity (Wildman–Crippen MR) is 94.4 cm³/mol. The molecule has 0 bridgehead atoms. The van der Waals surface area contributed by atoms with Gasteiger partial charge in [0.1, 0.15) is 0 Å². The summed E-state index contributed by atoms with van der Waals surface area (Å²) in [4.78, 5) is 0. The van der Waals surface area contributed by atoms with Crippen LogP contribution in [0.4, 0.5) is 0 Å². The molecule has 2 aliphatic rings. The summed E-state index contributed by atoms with van der Waals surface area (Å²) in [5, 5.41) is 0. The van der Waals surface area contributed by atoms with E-state index in [-0.39, 0.29) is 0 Å². The van der Waals surface area contributed by atoms with Crippen molar-refractivity contribution in [1.82, 2.24) is 0 Å². The number of rotatable bonds is 2. The molecule has 0 amide bonds. The minimum atomic E-state index is 0.508. The Hall–Kier alpha value is 0. The van der Waals surface area contributed by atoms with E-state index in [1.807, 2.05) is 0 Å². The van der Waals surface area contributed by atoms with Gasteiger partial charge in [0.25, 0.3) is 0 Å². The van der Waals surface area contributed by atoms with E-state index in [2.05, 4.69) is 55.4 Å². The summed E-state index contributed by atoms with van der Waals surface area (Å²) in [6.07, 6.45) is 8.84. The van der Waals surface area contributed by atoms with E-state index in [1.54, 1.807) is 0 Å². The molecule has 0 radical (unpaired) electrons. The standard InChI is InChI=1S/C21H40/c1-19(2,3)15-9-11-17(13-15)21(7,8)18-12-10-16(14-18)20(4,5)6/h15-18H,9-14H2,1-8H3. The highest BCUT2D eigenvalue weighted by molar-refractivity contribution is 4.96. The molecule has 124 valence electrons. The summed E-state index contributed by atoms with van der Waals surface area (Å²) >= 11 is 0. The first-order chi connectivity index (χ1) is 9.42. The molecule has 2 fully saturated rings. The van der Waals surface area contributed by atoms with Crippen molar-refractivity contribution in [3.05, 3.63) is 0 Å². The largest absolute Gasteiger partial charge is 0.0599 e. The third-order valence-electron chi connectivity index (χ3n) is 7.42. The van der Waals surface area contributed by atoms with Gasteiger partial charge in [0.2, 0.25) is 0 Å². The Morgan fingerprint density at radius 2 is 0.762 bits per heavy atom. The van der Waals surface area contributed by atoms with Crippen molar-refractivity contribution in [2.24, 2.45) is 39.9 Å². The molecule has 0 N–H and O–H groups in total. The lowest BCUT2D eigenvalue weighted by Crippen LogP contribution is -2.31. The second kappa shape index (κ2) is 5.57. The van der Waals surface area contributed by atoms with Crippen LogP contribution in [-0.2, 0) is 0 Å². The van der Waals surface area contributed by atoms with Gasteiger partial charge in [-0.15, -0.1) is 0 Å². The zero-order valence-electron chi connectivity index (χ0n) is 16.1. The van der Waals surface area contributed by atoms with Crippen LogP contribution in [0.1, 0.15) is 93.9 Å². The van der Waals surface area contributed by atoms with Crippen LogP contribution in [0, 0.1) is 39.9 Å². The highest BCUT2D eigenvalue weighted by atomic mass is 14.5. The van der Waals surface area contributed by atoms with Crippen molar-refractivity contribution in [3.63, 3.8) is 0 Å². The molecule has 4 unspecified atom stereocenters. The van der Waals surface area contributed by atoms with E-state index in [0.717, 1.165) is 23.7 Å². The van der Waals surface area contributed by atoms with E-state index in [4.69, 9.17) is 0 Å². The van der Waals surface area contributed by atoms with Crippen LogP contribution in [0.5, 0.6) is 0 Å². The summed E-state index contributed by atoms with van der Waals surface area (Å²) < 4.78 is 0. The van der Waals surface area contributed by atoms with Crippen molar-refractivity contribution in [3.8, 4) is 0 Å². The molecule has 0 aromatic rings. The summed E-state index contributed by atoms with van der Waals surface area (Å²) in [7, 11) is 0. The molecule has 0 aromatic carbocycles. The first-order valence-corrected chi connectivity index (χ1v) is 9.42. The molecule has 0 spiro atoms. The molecule has 0 saturated heterocycles. The smallest absolute Gasteiger partial charge is 0.0297 e. The lowest BCUT2D eigenvalue weighted by atomic mass is 9.66. The molecule has 2 aliphatic carbocycles. The average Bonchev–Trinajstić information content (AvgIpc) is 2.97. The first kappa shape index (κ1) is 17.4. The SMILES string of the molecule is CC(C)(C)C1CCC(C(C)(C)C2CCC(C(C)(C)C)C2)C1. The van der Waals surface area contributed by atoms with Crippen LogP contribution in [0.3, 0.4) is 0 Å². The Balaban J connectivity index is 2.00. The lowest BCUT2D eigenvalue weighted by Gasteiger charge is -2.39. The van der Waals surface area contributed by atoms with Crippen LogP contribution in [0.2, 0.25) is 0 Å². The van der Waals surface area contributed by atoms with Crippen LogP contribution in [0.25, 0.3) is 0 Å². The lowest BCUT2D eigenvalue weighted by molar-refractivity contribution is 0.0995. The van der Waals surface area contributed by atoms with Crippen molar-refractivity contribution >= 4 is 0 Å². The van der Waals surface area contributed by atoms with E-state index < -0.39 is 0 Å². The Kier molecular flexibility index (Phi) is 4.60. The zero-order valence-corrected chi connectivity index (χ0v) is 16.1. The van der Waals surface area contributed by atoms with Crippen molar-refractivity contribution < 1.29 is 0 Å². The van der Waals surface area contributed by atoms with Crippen LogP contribution in [-0.4, -0.2) is 0 Å². The van der Waals surface area contributed by atoms with Crippen molar-refractivity contribution in [2.75, 3.05) is 0 Å². The molecule has 0 heterocycles. The fourth-order valence-electron chi connectivity index (χ4n) is 5.22. The van der Waals surface area contributed by atoms with Gasteiger partial charge >= 0.3 is 0 Å². The molecular weight excluding hydrogens is 252 g/mol. The van der Waals surface area contributed by atoms with Gasteiger partial charge in [-0.05, 0) is 78.4 Å². The molecule has 2 saturated carbocycles. The van der Waals surface area contributed by atoms with Crippen molar-refractivity contribution in [2.45, 2.75) is 93.9 Å². The topological polar surface area (TPSA) is 0 Å². The predicted octanol–water partition coefficient (Wildman–Crippen LogP) is 6.94. The third-order valence-corrected chi connectivity index (χ3v) is 7.42. The van der Waals surface area contributed by atoms with Crippen molar-refractivity contribution in [1.29, 1.82) is 0 Å². The molecule has 0 nitrogen and oxygen atoms in total. The highest BCUT2D eigenvalue weighted by Gasteiger charge is 2.46. The second-order valence-corrected chi connectivity index (χ2v) is 11.0. The Morgan fingerprint density at radius 1 is 0.476 bits per heavy atom. The van der Waals surface area contributed by atoms with Crippen LogP contribution >= 0.6 is 0 Å². The van der Waals surface area contributed by atoms with Crippen LogP contribution < -0.4 is 0 Å². The molecule has 0 heteroatoms. The molecule has 4 atom stereocenters. The maximum absolute atomic E-state index is 2.60. The number of hydrogen-bond donors (Lipinski definition) is 0. The highest BCUT2D eigenvalue weighted by Crippen LogP contribution is 2.56. The van der Waals surface area contributed by atoms with Crippen LogP contribution in [0.15, 0.2) is 0 Å². The summed E-state index contributed by atoms with van der Waals surface area (Å²) in [6, 6.07) is 0. The minimum Gasteiger partial charge on any atom is -0.0599 e. The molecular formula is C21H40. The first-order valence-electron chi connectivity index (χ1n) is 9.42. The average molecular weight is 293 g/mol. The van der Waals surface area contributed by atoms with Gasteiger partial charge in [-0.3, -0.25) is 0 Å². The quantitative estimate of drug-likeness (QED) is 0.517. The summed E-state index contributed by atoms with van der Waals surface area (Å²) in [5.41, 5.74) is 1.57. The molecule has 2 rings (SSSR count). The van der Waals surface area contributed by atoms with Gasteiger partial charge in [-0.25, -0.2) is 0 Å². The minimum absolute atomic E-state index is 0.508. The van der Waals surface area contributed by atoms with E-state index in [0.29, 0.717) is 16.2 Å². The summed E-state index contributed by atoms with van der Waals surface area (Å²) in [6.45, 7) is 19.8. The fourth-order valence-corrected chi connectivity index (χ4v) is 5.22. The second-order valence-electron chi connectivity index (χ2n) is 11.0. The molecule has 0 aromatic heterocycles. The van der Waals surface area contributed by atoms with Gasteiger partial charge in [-0.2, -0.15) is 0 Å². The normalized spacial score (nSPS) is 35.4. The van der Waals surface area contributed by atoms with Gasteiger partial charge in [0.05, 0.1) is 0 Å². The third kappa shape index (κ3) is 3.67. The number of hydrogen-bond acceptors (Lipinski definition) is 0. The Labute approximate surface area is 134 Å². The molecule has 21 heavy (non-hydrogen) atoms. The Morgan fingerprint density at radius 3 is 1.00 bits per heavy atom. The van der Waals surface area contributed by atoms with E-state index in [1.165, 1.54) is 38.5 Å². The zero-order chi connectivity index (χ0) is 16.1. The summed E-state index contributed by atoms with van der Waals surface area (Å²) in [5.74, 6) is 3.82. The van der Waals surface area contributed by atoms with Gasteiger partial charge < -0.3 is 0 Å². The monoisotopic (exact) mass is 292 g/mol.